The van der Waals surface area contributed by atoms with Crippen LogP contribution in [-0.2, 0) is 25.9 Å². The zero-order valence-corrected chi connectivity index (χ0v) is 16.0. The lowest BCUT2D eigenvalue weighted by molar-refractivity contribution is 0.242. The van der Waals surface area contributed by atoms with Crippen LogP contribution in [0.2, 0.25) is 0 Å². The largest absolute Gasteiger partial charge is 0.293 e. The van der Waals surface area contributed by atoms with Gasteiger partial charge in [-0.3, -0.25) is 10.00 Å². The second-order valence-electron chi connectivity index (χ2n) is 7.33. The van der Waals surface area contributed by atoms with Crippen LogP contribution in [0.3, 0.4) is 0 Å². The second-order valence-corrected chi connectivity index (χ2v) is 7.33. The molecule has 1 aliphatic heterocycles. The molecule has 0 bridgehead atoms. The van der Waals surface area contributed by atoms with Crippen LogP contribution in [0.15, 0.2) is 54.7 Å². The van der Waals surface area contributed by atoms with E-state index < -0.39 is 0 Å². The van der Waals surface area contributed by atoms with Crippen molar-refractivity contribution in [2.24, 2.45) is 0 Å². The maximum Gasteiger partial charge on any atom is 0.128 e. The molecule has 28 heavy (non-hydrogen) atoms. The molecule has 0 unspecified atom stereocenters. The molecule has 0 radical (unpaired) electrons. The first-order valence-electron chi connectivity index (χ1n) is 9.89. The Morgan fingerprint density at radius 3 is 2.89 bits per heavy atom. The highest BCUT2D eigenvalue weighted by molar-refractivity contribution is 5.96. The first-order valence-corrected chi connectivity index (χ1v) is 9.89. The molecule has 5 nitrogen and oxygen atoms in total. The Labute approximate surface area is 164 Å². The Morgan fingerprint density at radius 2 is 1.96 bits per heavy atom. The molecule has 1 N–H and O–H groups in total. The summed E-state index contributed by atoms with van der Waals surface area (Å²) in [5.74, 6) is 0.912. The lowest BCUT2D eigenvalue weighted by Gasteiger charge is -2.26. The topological polar surface area (TPSA) is 57.7 Å². The molecule has 4 aromatic rings. The van der Waals surface area contributed by atoms with Crippen LogP contribution in [0.4, 0.5) is 0 Å². The lowest BCUT2D eigenvalue weighted by Crippen LogP contribution is -2.30. The van der Waals surface area contributed by atoms with Crippen molar-refractivity contribution in [2.75, 3.05) is 6.54 Å². The van der Waals surface area contributed by atoms with Crippen LogP contribution in [0, 0.1) is 0 Å². The summed E-state index contributed by atoms with van der Waals surface area (Å²) in [5.41, 5.74) is 5.94. The average molecular weight is 369 g/mol. The van der Waals surface area contributed by atoms with E-state index in [2.05, 4.69) is 69.4 Å². The molecular weight excluding hydrogens is 346 g/mol. The van der Waals surface area contributed by atoms with E-state index in [1.807, 2.05) is 12.3 Å². The molecule has 0 amide bonds. The first kappa shape index (κ1) is 17.1. The summed E-state index contributed by atoms with van der Waals surface area (Å²) in [7, 11) is 0. The van der Waals surface area contributed by atoms with Crippen LogP contribution in [0.5, 0.6) is 0 Å². The predicted octanol–water partition coefficient (Wildman–Crippen LogP) is 4.14. The summed E-state index contributed by atoms with van der Waals surface area (Å²) >= 11 is 0. The second kappa shape index (κ2) is 7.17. The predicted molar refractivity (Wildman–Crippen MR) is 111 cm³/mol. The van der Waals surface area contributed by atoms with Crippen LogP contribution >= 0.6 is 0 Å². The summed E-state index contributed by atoms with van der Waals surface area (Å²) in [5, 5.41) is 10.5. The molecule has 0 aliphatic carbocycles. The fourth-order valence-corrected chi connectivity index (χ4v) is 4.07. The maximum absolute atomic E-state index is 4.71. The fourth-order valence-electron chi connectivity index (χ4n) is 4.07. The number of aryl methyl sites for hydroxylation is 1. The molecule has 3 heterocycles. The molecule has 0 saturated heterocycles. The summed E-state index contributed by atoms with van der Waals surface area (Å²) in [4.78, 5) is 11.4. The molecule has 5 heteroatoms. The van der Waals surface area contributed by atoms with E-state index in [1.165, 1.54) is 27.6 Å². The molecule has 5 rings (SSSR count). The number of nitrogens with one attached hydrogen (secondary N) is 1. The summed E-state index contributed by atoms with van der Waals surface area (Å²) in [6, 6.07) is 17.0. The lowest BCUT2D eigenvalue weighted by atomic mass is 9.97. The van der Waals surface area contributed by atoms with Crippen LogP contribution in [-0.4, -0.2) is 31.6 Å². The van der Waals surface area contributed by atoms with E-state index >= 15 is 0 Å². The molecule has 140 valence electrons. The van der Waals surface area contributed by atoms with Gasteiger partial charge in [-0.25, -0.2) is 9.97 Å². The van der Waals surface area contributed by atoms with Gasteiger partial charge in [-0.15, -0.1) is 0 Å². The number of nitrogens with zero attached hydrogens (tertiary/aromatic N) is 4. The Kier molecular flexibility index (Phi) is 4.37. The molecule has 0 fully saturated rings. The van der Waals surface area contributed by atoms with Gasteiger partial charge in [0.1, 0.15) is 5.82 Å². The number of aromatic amines is 1. The number of aromatic nitrogens is 4. The number of H-pyrrole nitrogens is 1. The molecule has 0 atom stereocenters. The highest BCUT2D eigenvalue weighted by atomic mass is 15.2. The molecular formula is C23H23N5. The van der Waals surface area contributed by atoms with Crippen molar-refractivity contribution in [3.8, 4) is 11.3 Å². The first-order chi connectivity index (χ1) is 13.8. The molecule has 0 spiro atoms. The highest BCUT2D eigenvalue weighted by Gasteiger charge is 2.23. The zero-order chi connectivity index (χ0) is 18.9. The van der Waals surface area contributed by atoms with Crippen molar-refractivity contribution in [3.63, 3.8) is 0 Å². The smallest absolute Gasteiger partial charge is 0.128 e. The van der Waals surface area contributed by atoms with Gasteiger partial charge in [0, 0.05) is 55.5 Å². The average Bonchev–Trinajstić information content (AvgIpc) is 3.16. The van der Waals surface area contributed by atoms with Gasteiger partial charge in [0.05, 0.1) is 11.4 Å². The van der Waals surface area contributed by atoms with Crippen molar-refractivity contribution >= 4 is 10.8 Å². The highest BCUT2D eigenvalue weighted by Crippen LogP contribution is 2.33. The van der Waals surface area contributed by atoms with Crippen LogP contribution in [0.1, 0.15) is 29.7 Å². The minimum absolute atomic E-state index is 0.842. The standard InChI is InChI=1S/C23H23N5/c1-2-22-24-12-10-17(25-22)14-28-13-11-21-20(15-28)23(27-26-21)19-9-5-7-16-6-3-4-8-18(16)19/h3-10,12H,2,11,13-15H2,1H3,(H,26,27). The SMILES string of the molecule is CCc1nccc(CN2CCc3[nH]nc(-c4cccc5ccccc45)c3C2)n1. The number of rotatable bonds is 4. The third kappa shape index (κ3) is 3.08. The van der Waals surface area contributed by atoms with Gasteiger partial charge >= 0.3 is 0 Å². The van der Waals surface area contributed by atoms with Gasteiger partial charge in [0.2, 0.25) is 0 Å². The van der Waals surface area contributed by atoms with Gasteiger partial charge in [0.15, 0.2) is 0 Å². The van der Waals surface area contributed by atoms with Gasteiger partial charge in [-0.2, -0.15) is 5.10 Å². The Bertz CT molecular complexity index is 1130. The summed E-state index contributed by atoms with van der Waals surface area (Å²) in [6.45, 7) is 4.83. The Balaban J connectivity index is 1.47. The van der Waals surface area contributed by atoms with Gasteiger partial charge < -0.3 is 0 Å². The van der Waals surface area contributed by atoms with Crippen LogP contribution < -0.4 is 0 Å². The zero-order valence-electron chi connectivity index (χ0n) is 16.0. The minimum atomic E-state index is 0.842. The van der Waals surface area contributed by atoms with E-state index in [-0.39, 0.29) is 0 Å². The summed E-state index contributed by atoms with van der Waals surface area (Å²) < 4.78 is 0. The number of hydrogen-bond donors (Lipinski definition) is 1. The molecule has 0 saturated carbocycles. The number of hydrogen-bond acceptors (Lipinski definition) is 4. The third-order valence-electron chi connectivity index (χ3n) is 5.52. The molecule has 2 aromatic carbocycles. The minimum Gasteiger partial charge on any atom is -0.293 e. The van der Waals surface area contributed by atoms with Crippen molar-refractivity contribution < 1.29 is 0 Å². The van der Waals surface area contributed by atoms with E-state index in [0.29, 0.717) is 0 Å². The van der Waals surface area contributed by atoms with Crippen molar-refractivity contribution in [1.82, 2.24) is 25.1 Å². The fraction of sp³-hybridized carbons (Fsp3) is 0.261. The Hall–Kier alpha value is -3.05. The van der Waals surface area contributed by atoms with E-state index in [9.17, 15) is 0 Å². The van der Waals surface area contributed by atoms with Gasteiger partial charge in [0.25, 0.3) is 0 Å². The van der Waals surface area contributed by atoms with Gasteiger partial charge in [-0.1, -0.05) is 49.4 Å². The maximum atomic E-state index is 4.71. The Morgan fingerprint density at radius 1 is 1.07 bits per heavy atom. The summed E-state index contributed by atoms with van der Waals surface area (Å²) in [6.07, 6.45) is 3.72. The molecule has 1 aliphatic rings. The number of fused-ring (bicyclic) bond motifs is 2. The normalized spacial score (nSPS) is 14.3. The van der Waals surface area contributed by atoms with E-state index in [4.69, 9.17) is 5.10 Å². The van der Waals surface area contributed by atoms with Crippen LogP contribution in [0.25, 0.3) is 22.0 Å². The molecule has 2 aromatic heterocycles. The van der Waals surface area contributed by atoms with E-state index in [0.717, 1.165) is 49.7 Å². The van der Waals surface area contributed by atoms with Crippen molar-refractivity contribution in [3.05, 3.63) is 77.5 Å². The quantitative estimate of drug-likeness (QED) is 0.587. The van der Waals surface area contributed by atoms with E-state index in [1.54, 1.807) is 0 Å². The monoisotopic (exact) mass is 369 g/mol. The van der Waals surface area contributed by atoms with Gasteiger partial charge in [-0.05, 0) is 16.8 Å². The van der Waals surface area contributed by atoms with Crippen molar-refractivity contribution in [1.29, 1.82) is 0 Å². The number of benzene rings is 2. The van der Waals surface area contributed by atoms with Crippen molar-refractivity contribution in [2.45, 2.75) is 32.9 Å². The third-order valence-corrected chi connectivity index (χ3v) is 5.52.